The second-order valence-electron chi connectivity index (χ2n) is 7.90. The number of ether oxygens (including phenoxy) is 1. The predicted molar refractivity (Wildman–Crippen MR) is 120 cm³/mol. The minimum absolute atomic E-state index is 0.329. The van der Waals surface area contributed by atoms with Crippen LogP contribution in [0.2, 0.25) is 0 Å². The number of amides is 1. The molecule has 0 aliphatic rings. The molecule has 0 fully saturated rings. The van der Waals surface area contributed by atoms with E-state index in [1.165, 1.54) is 12.7 Å². The van der Waals surface area contributed by atoms with Crippen LogP contribution >= 0.6 is 0 Å². The van der Waals surface area contributed by atoms with Crippen LogP contribution < -0.4 is 5.32 Å². The summed E-state index contributed by atoms with van der Waals surface area (Å²) >= 11 is 0. The highest BCUT2D eigenvalue weighted by Crippen LogP contribution is 2.20. The van der Waals surface area contributed by atoms with Gasteiger partial charge in [-0.2, -0.15) is 5.10 Å². The van der Waals surface area contributed by atoms with Crippen LogP contribution in [-0.2, 0) is 22.4 Å². The van der Waals surface area contributed by atoms with E-state index < -0.39 is 11.5 Å². The van der Waals surface area contributed by atoms with Crippen molar-refractivity contribution in [2.45, 2.75) is 46.1 Å². The van der Waals surface area contributed by atoms with Crippen LogP contribution in [0.5, 0.6) is 0 Å². The van der Waals surface area contributed by atoms with E-state index in [9.17, 15) is 9.59 Å². The molecule has 1 atom stereocenters. The molecule has 6 heteroatoms. The molecule has 2 aromatic carbocycles. The van der Waals surface area contributed by atoms with Gasteiger partial charge in [-0.25, -0.2) is 9.48 Å². The zero-order chi connectivity index (χ0) is 22.6. The standard InChI is InChI=1S/C25H29N3O3/c1-6-22-17(2)27-28(18(22)3)21-14-12-20(13-15-21)23(29)26-25(4,24(30)31-5)16-19-10-8-7-9-11-19/h7-15H,6,16H2,1-5H3,(H,26,29). The molecular weight excluding hydrogens is 390 g/mol. The van der Waals surface area contributed by atoms with Gasteiger partial charge in [0.15, 0.2) is 0 Å². The fourth-order valence-electron chi connectivity index (χ4n) is 3.91. The van der Waals surface area contributed by atoms with Crippen molar-refractivity contribution in [3.63, 3.8) is 0 Å². The van der Waals surface area contributed by atoms with Crippen LogP contribution in [0.3, 0.4) is 0 Å². The van der Waals surface area contributed by atoms with Gasteiger partial charge in [-0.1, -0.05) is 37.3 Å². The molecule has 0 bridgehead atoms. The molecule has 6 nitrogen and oxygen atoms in total. The zero-order valence-corrected chi connectivity index (χ0v) is 18.7. The summed E-state index contributed by atoms with van der Waals surface area (Å²) in [6, 6.07) is 16.8. The van der Waals surface area contributed by atoms with E-state index in [1.54, 1.807) is 19.1 Å². The Balaban J connectivity index is 1.82. The quantitative estimate of drug-likeness (QED) is 0.589. The number of carbonyl (C=O) groups excluding carboxylic acids is 2. The van der Waals surface area contributed by atoms with Gasteiger partial charge in [-0.15, -0.1) is 0 Å². The van der Waals surface area contributed by atoms with E-state index in [1.807, 2.05) is 61.0 Å². The Morgan fingerprint density at radius 2 is 1.71 bits per heavy atom. The Morgan fingerprint density at radius 3 is 2.26 bits per heavy atom. The molecule has 0 aliphatic carbocycles. The van der Waals surface area contributed by atoms with Gasteiger partial charge in [-0.05, 0) is 62.6 Å². The van der Waals surface area contributed by atoms with Gasteiger partial charge < -0.3 is 10.1 Å². The second kappa shape index (κ2) is 9.16. The Bertz CT molecular complexity index is 1070. The topological polar surface area (TPSA) is 73.2 Å². The van der Waals surface area contributed by atoms with Gasteiger partial charge >= 0.3 is 5.97 Å². The van der Waals surface area contributed by atoms with E-state index >= 15 is 0 Å². The Labute approximate surface area is 183 Å². The summed E-state index contributed by atoms with van der Waals surface area (Å²) in [7, 11) is 1.32. The van der Waals surface area contributed by atoms with Crippen LogP contribution in [0.1, 0.15) is 46.7 Å². The molecule has 162 valence electrons. The summed E-state index contributed by atoms with van der Waals surface area (Å²) in [5.74, 6) is -0.825. The van der Waals surface area contributed by atoms with E-state index in [0.717, 1.165) is 29.1 Å². The summed E-state index contributed by atoms with van der Waals surface area (Å²) in [6.07, 6.45) is 1.25. The van der Waals surface area contributed by atoms with Gasteiger partial charge in [0.25, 0.3) is 5.91 Å². The molecular formula is C25H29N3O3. The van der Waals surface area contributed by atoms with Crippen molar-refractivity contribution in [3.05, 3.63) is 82.7 Å². The lowest BCUT2D eigenvalue weighted by Gasteiger charge is -2.28. The average Bonchev–Trinajstić information content (AvgIpc) is 3.06. The normalized spacial score (nSPS) is 12.8. The number of carbonyl (C=O) groups is 2. The molecule has 0 spiro atoms. The van der Waals surface area contributed by atoms with Crippen molar-refractivity contribution in [1.82, 2.24) is 15.1 Å². The molecule has 3 aromatic rings. The molecule has 31 heavy (non-hydrogen) atoms. The third-order valence-electron chi connectivity index (χ3n) is 5.59. The third kappa shape index (κ3) is 4.68. The van der Waals surface area contributed by atoms with Gasteiger partial charge in [0.05, 0.1) is 18.5 Å². The minimum atomic E-state index is -1.18. The van der Waals surface area contributed by atoms with Gasteiger partial charge in [0.2, 0.25) is 0 Å². The van der Waals surface area contributed by atoms with E-state index in [2.05, 4.69) is 17.3 Å². The first-order chi connectivity index (χ1) is 14.8. The second-order valence-corrected chi connectivity index (χ2v) is 7.90. The van der Waals surface area contributed by atoms with Crippen molar-refractivity contribution in [3.8, 4) is 5.69 Å². The van der Waals surface area contributed by atoms with Crippen LogP contribution in [0.25, 0.3) is 5.69 Å². The number of aryl methyl sites for hydroxylation is 1. The third-order valence-corrected chi connectivity index (χ3v) is 5.59. The zero-order valence-electron chi connectivity index (χ0n) is 18.7. The molecule has 1 aromatic heterocycles. The number of nitrogens with zero attached hydrogens (tertiary/aromatic N) is 2. The number of benzene rings is 2. The van der Waals surface area contributed by atoms with Crippen molar-refractivity contribution in [2.75, 3.05) is 7.11 Å². The molecule has 0 saturated carbocycles. The fourth-order valence-corrected chi connectivity index (χ4v) is 3.91. The number of methoxy groups -OCH3 is 1. The number of hydrogen-bond acceptors (Lipinski definition) is 4. The lowest BCUT2D eigenvalue weighted by Crippen LogP contribution is -2.54. The Kier molecular flexibility index (Phi) is 6.59. The Hall–Kier alpha value is -3.41. The van der Waals surface area contributed by atoms with Crippen molar-refractivity contribution in [2.24, 2.45) is 0 Å². The SMILES string of the molecule is CCc1c(C)nn(-c2ccc(C(=O)NC(C)(Cc3ccccc3)C(=O)OC)cc2)c1C. The van der Waals surface area contributed by atoms with E-state index in [4.69, 9.17) is 4.74 Å². The average molecular weight is 420 g/mol. The fraction of sp³-hybridized carbons (Fsp3) is 0.320. The molecule has 1 N–H and O–H groups in total. The summed E-state index contributed by atoms with van der Waals surface area (Å²) in [5.41, 5.74) is 4.44. The molecule has 1 amide bonds. The maximum absolute atomic E-state index is 12.9. The van der Waals surface area contributed by atoms with Crippen LogP contribution in [0.4, 0.5) is 0 Å². The van der Waals surface area contributed by atoms with Crippen LogP contribution in [0.15, 0.2) is 54.6 Å². The molecule has 1 unspecified atom stereocenters. The highest BCUT2D eigenvalue weighted by Gasteiger charge is 2.36. The lowest BCUT2D eigenvalue weighted by atomic mass is 9.92. The Morgan fingerprint density at radius 1 is 1.06 bits per heavy atom. The maximum atomic E-state index is 12.9. The molecule has 3 rings (SSSR count). The highest BCUT2D eigenvalue weighted by atomic mass is 16.5. The number of esters is 1. The lowest BCUT2D eigenvalue weighted by molar-refractivity contribution is -0.147. The first kappa shape index (κ1) is 22.3. The van der Waals surface area contributed by atoms with Crippen LogP contribution in [-0.4, -0.2) is 34.3 Å². The smallest absolute Gasteiger partial charge is 0.331 e. The van der Waals surface area contributed by atoms with Crippen molar-refractivity contribution >= 4 is 11.9 Å². The van der Waals surface area contributed by atoms with Crippen molar-refractivity contribution < 1.29 is 14.3 Å². The highest BCUT2D eigenvalue weighted by molar-refractivity contribution is 5.98. The summed E-state index contributed by atoms with van der Waals surface area (Å²) in [6.45, 7) is 7.85. The summed E-state index contributed by atoms with van der Waals surface area (Å²) in [4.78, 5) is 25.4. The summed E-state index contributed by atoms with van der Waals surface area (Å²) < 4.78 is 6.87. The van der Waals surface area contributed by atoms with Crippen molar-refractivity contribution in [1.29, 1.82) is 0 Å². The molecule has 0 saturated heterocycles. The molecule has 0 radical (unpaired) electrons. The molecule has 0 aliphatic heterocycles. The number of hydrogen-bond donors (Lipinski definition) is 1. The van der Waals surface area contributed by atoms with Gasteiger partial charge in [0, 0.05) is 17.7 Å². The number of aromatic nitrogens is 2. The largest absolute Gasteiger partial charge is 0.467 e. The van der Waals surface area contributed by atoms with E-state index in [0.29, 0.717) is 12.0 Å². The van der Waals surface area contributed by atoms with Gasteiger partial charge in [0.1, 0.15) is 5.54 Å². The monoisotopic (exact) mass is 419 g/mol. The first-order valence-corrected chi connectivity index (χ1v) is 10.4. The summed E-state index contributed by atoms with van der Waals surface area (Å²) in [5, 5.41) is 7.49. The molecule has 1 heterocycles. The van der Waals surface area contributed by atoms with E-state index in [-0.39, 0.29) is 5.91 Å². The van der Waals surface area contributed by atoms with Gasteiger partial charge in [-0.3, -0.25) is 4.79 Å². The number of rotatable bonds is 7. The number of nitrogens with one attached hydrogen (secondary N) is 1. The van der Waals surface area contributed by atoms with Crippen LogP contribution in [0, 0.1) is 13.8 Å². The predicted octanol–water partition coefficient (Wildman–Crippen LogP) is 3.96. The minimum Gasteiger partial charge on any atom is -0.467 e. The maximum Gasteiger partial charge on any atom is 0.331 e. The first-order valence-electron chi connectivity index (χ1n) is 10.4.